The zero-order valence-corrected chi connectivity index (χ0v) is 19.0. The molecule has 0 unspecified atom stereocenters. The fourth-order valence-electron chi connectivity index (χ4n) is 2.90. The summed E-state index contributed by atoms with van der Waals surface area (Å²) in [4.78, 5) is 12.6. The van der Waals surface area contributed by atoms with Crippen molar-refractivity contribution < 1.29 is 22.3 Å². The van der Waals surface area contributed by atoms with Gasteiger partial charge in [-0.2, -0.15) is 4.68 Å². The molecule has 0 aliphatic carbocycles. The molecule has 3 aromatic rings. The number of aromatic nitrogens is 4. The summed E-state index contributed by atoms with van der Waals surface area (Å²) in [5, 5.41) is 13.6. The molecule has 1 amide bonds. The number of carbonyl (C=O) groups is 1. The number of methoxy groups -OCH3 is 1. The van der Waals surface area contributed by atoms with Gasteiger partial charge in [-0.15, -0.1) is 5.10 Å². The maximum absolute atomic E-state index is 14.3. The molecule has 170 valence electrons. The smallest absolute Gasteiger partial charge is 0.255 e. The number of nitrogens with zero attached hydrogens (tertiary/aromatic N) is 4. The molecule has 0 aliphatic rings. The van der Waals surface area contributed by atoms with Crippen LogP contribution in [0.3, 0.4) is 0 Å². The van der Waals surface area contributed by atoms with Crippen LogP contribution in [0.25, 0.3) is 5.69 Å². The summed E-state index contributed by atoms with van der Waals surface area (Å²) in [7, 11) is -2.63. The molecule has 1 aromatic heterocycles. The van der Waals surface area contributed by atoms with Gasteiger partial charge in [0.05, 0.1) is 7.11 Å². The van der Waals surface area contributed by atoms with Crippen molar-refractivity contribution in [2.45, 2.75) is 38.1 Å². The number of sulfonamides is 1. The summed E-state index contributed by atoms with van der Waals surface area (Å²) in [6.07, 6.45) is 0. The zero-order chi connectivity index (χ0) is 23.7. The first-order valence-corrected chi connectivity index (χ1v) is 11.0. The van der Waals surface area contributed by atoms with E-state index in [2.05, 4.69) is 25.6 Å². The van der Waals surface area contributed by atoms with Gasteiger partial charge < -0.3 is 10.1 Å². The number of benzene rings is 2. The number of rotatable bonds is 6. The van der Waals surface area contributed by atoms with E-state index in [1.54, 1.807) is 27.7 Å². The van der Waals surface area contributed by atoms with E-state index in [1.165, 1.54) is 48.2 Å². The molecule has 32 heavy (non-hydrogen) atoms. The number of tetrazole rings is 1. The normalized spacial score (nSPS) is 11.9. The third kappa shape index (κ3) is 5.08. The van der Waals surface area contributed by atoms with E-state index < -0.39 is 27.3 Å². The van der Waals surface area contributed by atoms with Crippen LogP contribution in [0.15, 0.2) is 41.3 Å². The molecule has 2 aromatic carbocycles. The van der Waals surface area contributed by atoms with E-state index in [0.29, 0.717) is 5.82 Å². The Morgan fingerprint density at radius 3 is 2.47 bits per heavy atom. The third-order valence-corrected chi connectivity index (χ3v) is 5.99. The largest absolute Gasteiger partial charge is 0.495 e. The van der Waals surface area contributed by atoms with Crippen molar-refractivity contribution in [2.24, 2.45) is 0 Å². The Labute approximate surface area is 184 Å². The Bertz CT molecular complexity index is 1270. The minimum absolute atomic E-state index is 0.0534. The average molecular weight is 463 g/mol. The highest BCUT2D eigenvalue weighted by Gasteiger charge is 2.26. The second kappa shape index (κ2) is 8.63. The molecule has 3 rings (SSSR count). The monoisotopic (exact) mass is 462 g/mol. The van der Waals surface area contributed by atoms with E-state index in [1.807, 2.05) is 0 Å². The van der Waals surface area contributed by atoms with Crippen molar-refractivity contribution in [1.29, 1.82) is 0 Å². The van der Waals surface area contributed by atoms with Crippen molar-refractivity contribution in [3.05, 3.63) is 53.6 Å². The van der Waals surface area contributed by atoms with Crippen LogP contribution in [0, 0.1) is 12.7 Å². The van der Waals surface area contributed by atoms with Crippen LogP contribution < -0.4 is 14.8 Å². The Morgan fingerprint density at radius 2 is 1.88 bits per heavy atom. The number of anilines is 1. The highest BCUT2D eigenvalue weighted by molar-refractivity contribution is 7.89. The van der Waals surface area contributed by atoms with Crippen molar-refractivity contribution in [3.63, 3.8) is 0 Å². The van der Waals surface area contributed by atoms with Gasteiger partial charge in [0.1, 0.15) is 22.1 Å². The lowest BCUT2D eigenvalue weighted by Crippen LogP contribution is -2.40. The lowest BCUT2D eigenvalue weighted by molar-refractivity contribution is 0.102. The maximum atomic E-state index is 14.3. The van der Waals surface area contributed by atoms with E-state index >= 15 is 0 Å². The van der Waals surface area contributed by atoms with Crippen LogP contribution in [0.5, 0.6) is 5.75 Å². The van der Waals surface area contributed by atoms with Crippen molar-refractivity contribution >= 4 is 21.6 Å². The average Bonchev–Trinajstić information content (AvgIpc) is 3.12. The minimum atomic E-state index is -3.97. The van der Waals surface area contributed by atoms with Gasteiger partial charge in [0.25, 0.3) is 5.91 Å². The zero-order valence-electron chi connectivity index (χ0n) is 18.2. The fraction of sp³-hybridized carbons (Fsp3) is 0.300. The molecule has 10 nitrogen and oxygen atoms in total. The summed E-state index contributed by atoms with van der Waals surface area (Å²) in [5.41, 5.74) is -0.336. The van der Waals surface area contributed by atoms with E-state index in [0.717, 1.165) is 0 Å². The second-order valence-electron chi connectivity index (χ2n) is 7.98. The number of amides is 1. The molecule has 0 saturated carbocycles. The highest BCUT2D eigenvalue weighted by atomic mass is 32.2. The summed E-state index contributed by atoms with van der Waals surface area (Å²) < 4.78 is 48.8. The standard InChI is InChI=1S/C20H23FN6O4S/c1-12-23-25-26-27(12)16-11-14(7-8-15(16)21)22-19(28)13-6-9-17(31-5)18(10-13)32(29,30)24-20(2,3)4/h6-11,24H,1-5H3,(H,22,28). The van der Waals surface area contributed by atoms with Crippen LogP contribution >= 0.6 is 0 Å². The Morgan fingerprint density at radius 1 is 1.16 bits per heavy atom. The number of ether oxygens (including phenoxy) is 1. The summed E-state index contributed by atoms with van der Waals surface area (Å²) in [6.45, 7) is 6.71. The molecule has 0 bridgehead atoms. The lowest BCUT2D eigenvalue weighted by atomic mass is 10.1. The maximum Gasteiger partial charge on any atom is 0.255 e. The number of hydrogen-bond donors (Lipinski definition) is 2. The molecule has 0 radical (unpaired) electrons. The number of halogens is 1. The molecule has 0 fully saturated rings. The van der Waals surface area contributed by atoms with Crippen molar-refractivity contribution in [3.8, 4) is 11.4 Å². The molecule has 0 spiro atoms. The quantitative estimate of drug-likeness (QED) is 0.576. The van der Waals surface area contributed by atoms with E-state index in [4.69, 9.17) is 4.74 Å². The van der Waals surface area contributed by atoms with Gasteiger partial charge >= 0.3 is 0 Å². The predicted octanol–water partition coefficient (Wildman–Crippen LogP) is 2.45. The van der Waals surface area contributed by atoms with Gasteiger partial charge in [-0.25, -0.2) is 17.5 Å². The lowest BCUT2D eigenvalue weighted by Gasteiger charge is -2.21. The Balaban J connectivity index is 1.93. The molecular formula is C20H23FN6O4S. The molecule has 12 heteroatoms. The van der Waals surface area contributed by atoms with E-state index in [-0.39, 0.29) is 27.6 Å². The van der Waals surface area contributed by atoms with Crippen molar-refractivity contribution in [1.82, 2.24) is 24.9 Å². The second-order valence-corrected chi connectivity index (χ2v) is 9.63. The summed E-state index contributed by atoms with van der Waals surface area (Å²) in [6, 6.07) is 7.96. The molecule has 1 heterocycles. The first kappa shape index (κ1) is 23.3. The van der Waals surface area contributed by atoms with Gasteiger partial charge in [-0.1, -0.05) is 0 Å². The summed E-state index contributed by atoms with van der Waals surface area (Å²) in [5.74, 6) is -0.712. The molecule has 0 saturated heterocycles. The molecule has 0 aliphatic heterocycles. The minimum Gasteiger partial charge on any atom is -0.495 e. The number of hydrogen-bond acceptors (Lipinski definition) is 7. The third-order valence-electron chi connectivity index (χ3n) is 4.21. The van der Waals surface area contributed by atoms with Gasteiger partial charge in [0.15, 0.2) is 5.82 Å². The van der Waals surface area contributed by atoms with Gasteiger partial charge in [-0.3, -0.25) is 4.79 Å². The number of aryl methyl sites for hydroxylation is 1. The van der Waals surface area contributed by atoms with Gasteiger partial charge in [0.2, 0.25) is 10.0 Å². The molecular weight excluding hydrogens is 439 g/mol. The van der Waals surface area contributed by atoms with E-state index in [9.17, 15) is 17.6 Å². The van der Waals surface area contributed by atoms with Crippen molar-refractivity contribution in [2.75, 3.05) is 12.4 Å². The van der Waals surface area contributed by atoms with Crippen LogP contribution in [-0.2, 0) is 10.0 Å². The Kier molecular flexibility index (Phi) is 6.28. The molecule has 2 N–H and O–H groups in total. The number of carbonyl (C=O) groups excluding carboxylic acids is 1. The SMILES string of the molecule is COc1ccc(C(=O)Nc2ccc(F)c(-n3nnnc3C)c2)cc1S(=O)(=O)NC(C)(C)C. The van der Waals surface area contributed by atoms with Gasteiger partial charge in [0, 0.05) is 16.8 Å². The predicted molar refractivity (Wildman–Crippen MR) is 115 cm³/mol. The summed E-state index contributed by atoms with van der Waals surface area (Å²) >= 11 is 0. The van der Waals surface area contributed by atoms with Crippen LogP contribution in [0.2, 0.25) is 0 Å². The van der Waals surface area contributed by atoms with Crippen LogP contribution in [0.1, 0.15) is 37.0 Å². The fourth-order valence-corrected chi connectivity index (χ4v) is 4.51. The van der Waals surface area contributed by atoms with Gasteiger partial charge in [-0.05, 0) is 74.5 Å². The first-order valence-electron chi connectivity index (χ1n) is 9.49. The highest BCUT2D eigenvalue weighted by Crippen LogP contribution is 2.27. The first-order chi connectivity index (χ1) is 14.9. The number of nitrogens with one attached hydrogen (secondary N) is 2. The molecule has 0 atom stereocenters. The Hall–Kier alpha value is -3.38. The van der Waals surface area contributed by atoms with Crippen LogP contribution in [-0.4, -0.2) is 47.2 Å². The topological polar surface area (TPSA) is 128 Å². The van der Waals surface area contributed by atoms with Crippen LogP contribution in [0.4, 0.5) is 10.1 Å².